The van der Waals surface area contributed by atoms with Crippen LogP contribution in [0.25, 0.3) is 22.8 Å². The highest BCUT2D eigenvalue weighted by Crippen LogP contribution is 2.36. The number of benzene rings is 1. The van der Waals surface area contributed by atoms with Crippen molar-refractivity contribution in [3.8, 4) is 22.8 Å². The lowest BCUT2D eigenvalue weighted by Gasteiger charge is -2.13. The summed E-state index contributed by atoms with van der Waals surface area (Å²) in [6.45, 7) is 1.27. The van der Waals surface area contributed by atoms with Gasteiger partial charge in [0, 0.05) is 18.8 Å². The molecule has 2 aromatic heterocycles. The maximum absolute atomic E-state index is 13.1. The van der Waals surface area contributed by atoms with Gasteiger partial charge in [-0.3, -0.25) is 4.98 Å². The van der Waals surface area contributed by atoms with Crippen LogP contribution < -0.4 is 0 Å². The Morgan fingerprint density at radius 1 is 0.935 bits per heavy atom. The average Bonchev–Trinajstić information content (AvgIpc) is 3.07. The van der Waals surface area contributed by atoms with Crippen LogP contribution >= 0.6 is 0 Å². The van der Waals surface area contributed by atoms with Gasteiger partial charge in [-0.25, -0.2) is 13.4 Å². The van der Waals surface area contributed by atoms with E-state index in [0.29, 0.717) is 12.3 Å². The molecule has 0 atom stereocenters. The van der Waals surface area contributed by atoms with E-state index in [4.69, 9.17) is 0 Å². The van der Waals surface area contributed by atoms with E-state index in [1.54, 1.807) is 0 Å². The lowest BCUT2D eigenvalue weighted by Crippen LogP contribution is -2.13. The number of nitrogens with zero attached hydrogens (tertiary/aromatic N) is 3. The van der Waals surface area contributed by atoms with E-state index in [1.165, 1.54) is 36.9 Å². The van der Waals surface area contributed by atoms with Crippen molar-refractivity contribution < 1.29 is 34.8 Å². The molecule has 0 fully saturated rings. The van der Waals surface area contributed by atoms with Crippen molar-refractivity contribution in [2.24, 2.45) is 7.05 Å². The number of imidazole rings is 1. The number of pyridine rings is 1. The van der Waals surface area contributed by atoms with Crippen molar-refractivity contribution >= 4 is 9.84 Å². The molecule has 0 bridgehead atoms. The number of hydrogen-bond donors (Lipinski definition) is 0. The third-order valence-electron chi connectivity index (χ3n) is 4.58. The first-order valence-electron chi connectivity index (χ1n) is 8.75. The fourth-order valence-electron chi connectivity index (χ4n) is 2.91. The lowest BCUT2D eigenvalue weighted by molar-refractivity contribution is -0.138. The fourth-order valence-corrected chi connectivity index (χ4v) is 3.97. The topological polar surface area (TPSA) is 64.8 Å². The molecule has 12 heteroatoms. The molecule has 3 aromatic rings. The van der Waals surface area contributed by atoms with E-state index in [0.717, 1.165) is 12.1 Å². The van der Waals surface area contributed by atoms with Gasteiger partial charge in [0.2, 0.25) is 0 Å². The second-order valence-electron chi connectivity index (χ2n) is 6.58. The zero-order valence-electron chi connectivity index (χ0n) is 16.1. The molecule has 2 heterocycles. The van der Waals surface area contributed by atoms with E-state index in [9.17, 15) is 34.8 Å². The maximum atomic E-state index is 13.1. The summed E-state index contributed by atoms with van der Waals surface area (Å²) in [7, 11) is -2.72. The number of halogens is 6. The summed E-state index contributed by atoms with van der Waals surface area (Å²) in [5.74, 6) is -0.582. The van der Waals surface area contributed by atoms with Gasteiger partial charge in [0.1, 0.15) is 5.69 Å². The second-order valence-corrected chi connectivity index (χ2v) is 8.82. The van der Waals surface area contributed by atoms with Gasteiger partial charge in [0.25, 0.3) is 0 Å². The van der Waals surface area contributed by atoms with Crippen LogP contribution in [-0.4, -0.2) is 28.7 Å². The van der Waals surface area contributed by atoms with E-state index in [1.807, 2.05) is 0 Å². The Kier molecular flexibility index (Phi) is 5.63. The van der Waals surface area contributed by atoms with Crippen LogP contribution in [0, 0.1) is 0 Å². The summed E-state index contributed by atoms with van der Waals surface area (Å²) in [6, 6.07) is 4.88. The molecule has 3 rings (SSSR count). The Hall–Kier alpha value is -2.89. The molecule has 0 unspecified atom stereocenters. The lowest BCUT2D eigenvalue weighted by atomic mass is 10.1. The molecule has 1 aromatic carbocycles. The molecule has 5 nitrogen and oxygen atoms in total. The van der Waals surface area contributed by atoms with Gasteiger partial charge in [-0.15, -0.1) is 0 Å². The van der Waals surface area contributed by atoms with Crippen LogP contribution in [0.2, 0.25) is 0 Å². The van der Waals surface area contributed by atoms with Crippen molar-refractivity contribution in [1.82, 2.24) is 14.5 Å². The zero-order valence-corrected chi connectivity index (χ0v) is 16.9. The van der Waals surface area contributed by atoms with Gasteiger partial charge in [0.05, 0.1) is 33.7 Å². The minimum Gasteiger partial charge on any atom is -0.326 e. The Labute approximate surface area is 173 Å². The van der Waals surface area contributed by atoms with Crippen LogP contribution in [0.5, 0.6) is 0 Å². The Bertz CT molecular complexity index is 1230. The molecule has 0 radical (unpaired) electrons. The summed E-state index contributed by atoms with van der Waals surface area (Å²) in [5, 5.41) is 0. The molecular formula is C19H15F6N3O2S. The van der Waals surface area contributed by atoms with Gasteiger partial charge < -0.3 is 4.57 Å². The predicted molar refractivity (Wildman–Crippen MR) is 99.6 cm³/mol. The Morgan fingerprint density at radius 2 is 1.58 bits per heavy atom. The fraction of sp³-hybridized carbons (Fsp3) is 0.263. The highest BCUT2D eigenvalue weighted by molar-refractivity contribution is 7.91. The number of rotatable bonds is 4. The van der Waals surface area contributed by atoms with Gasteiger partial charge in [-0.05, 0) is 18.2 Å². The highest BCUT2D eigenvalue weighted by Gasteiger charge is 2.34. The number of hydrogen-bond acceptors (Lipinski definition) is 4. The zero-order chi connectivity index (χ0) is 23.2. The smallest absolute Gasteiger partial charge is 0.326 e. The maximum Gasteiger partial charge on any atom is 0.417 e. The van der Waals surface area contributed by atoms with Gasteiger partial charge >= 0.3 is 12.4 Å². The van der Waals surface area contributed by atoms with Crippen molar-refractivity contribution in [1.29, 1.82) is 0 Å². The third kappa shape index (κ3) is 4.43. The van der Waals surface area contributed by atoms with E-state index in [-0.39, 0.29) is 22.8 Å². The van der Waals surface area contributed by atoms with Crippen LogP contribution in [0.4, 0.5) is 26.3 Å². The largest absolute Gasteiger partial charge is 0.417 e. The molecule has 0 aliphatic carbocycles. The molecule has 0 N–H and O–H groups in total. The molecular weight excluding hydrogens is 448 g/mol. The van der Waals surface area contributed by atoms with Gasteiger partial charge in [-0.2, -0.15) is 26.3 Å². The first-order chi connectivity index (χ1) is 14.3. The molecule has 0 saturated carbocycles. The van der Waals surface area contributed by atoms with Gasteiger partial charge in [-0.1, -0.05) is 19.1 Å². The van der Waals surface area contributed by atoms with Crippen LogP contribution in [0.3, 0.4) is 0 Å². The predicted octanol–water partition coefficient (Wildman–Crippen LogP) is 4.98. The SMILES string of the molecule is CCS(=O)(=O)c1cc(C(F)(F)F)cnc1-c1ncc(-c2cccc(C(F)(F)F)c2)n1C. The summed E-state index contributed by atoms with van der Waals surface area (Å²) in [5.41, 5.74) is -2.12. The van der Waals surface area contributed by atoms with Crippen LogP contribution in [-0.2, 0) is 29.2 Å². The molecule has 166 valence electrons. The third-order valence-corrected chi connectivity index (χ3v) is 6.32. The van der Waals surface area contributed by atoms with Crippen molar-refractivity contribution in [3.63, 3.8) is 0 Å². The Morgan fingerprint density at radius 3 is 2.16 bits per heavy atom. The number of alkyl halides is 6. The molecule has 0 saturated heterocycles. The first-order valence-corrected chi connectivity index (χ1v) is 10.4. The number of sulfone groups is 1. The van der Waals surface area contributed by atoms with Gasteiger partial charge in [0.15, 0.2) is 15.7 Å². The van der Waals surface area contributed by atoms with Crippen LogP contribution in [0.15, 0.2) is 47.6 Å². The number of aromatic nitrogens is 3. The quantitative estimate of drug-likeness (QED) is 0.512. The summed E-state index contributed by atoms with van der Waals surface area (Å²) in [4.78, 5) is 7.06. The second kappa shape index (κ2) is 7.66. The minimum absolute atomic E-state index is 0.104. The summed E-state index contributed by atoms with van der Waals surface area (Å²) in [6.07, 6.45) is -7.70. The van der Waals surface area contributed by atoms with E-state index in [2.05, 4.69) is 9.97 Å². The summed E-state index contributed by atoms with van der Waals surface area (Å²) >= 11 is 0. The average molecular weight is 463 g/mol. The summed E-state index contributed by atoms with van der Waals surface area (Å²) < 4.78 is 104. The van der Waals surface area contributed by atoms with E-state index >= 15 is 0 Å². The molecule has 31 heavy (non-hydrogen) atoms. The van der Waals surface area contributed by atoms with E-state index < -0.39 is 44.0 Å². The normalized spacial score (nSPS) is 12.9. The highest BCUT2D eigenvalue weighted by atomic mass is 32.2. The van der Waals surface area contributed by atoms with Crippen molar-refractivity contribution in [3.05, 3.63) is 53.9 Å². The van der Waals surface area contributed by atoms with Crippen LogP contribution in [0.1, 0.15) is 18.1 Å². The minimum atomic E-state index is -4.81. The standard InChI is InChI=1S/C19H15F6N3O2S/c1-3-31(29,30)15-8-13(19(23,24)25)9-26-16(15)17-27-10-14(28(17)2)11-5-4-6-12(7-11)18(20,21)22/h4-10H,3H2,1-2H3. The van der Waals surface area contributed by atoms with Crippen molar-refractivity contribution in [2.45, 2.75) is 24.2 Å². The molecule has 0 aliphatic heterocycles. The first kappa shape index (κ1) is 22.8. The molecule has 0 spiro atoms. The Balaban J connectivity index is 2.19. The monoisotopic (exact) mass is 463 g/mol. The molecule has 0 aliphatic rings. The van der Waals surface area contributed by atoms with Crippen molar-refractivity contribution in [2.75, 3.05) is 5.75 Å². The molecule has 0 amide bonds.